The van der Waals surface area contributed by atoms with E-state index in [1.54, 1.807) is 25.1 Å². The van der Waals surface area contributed by atoms with Crippen LogP contribution in [0, 0.1) is 0 Å². The van der Waals surface area contributed by atoms with E-state index >= 15 is 0 Å². The smallest absolute Gasteiger partial charge is 0.484 e. The minimum atomic E-state index is -4.76. The van der Waals surface area contributed by atoms with Gasteiger partial charge in [0.05, 0.1) is 6.04 Å². The molecule has 6 nitrogen and oxygen atoms in total. The summed E-state index contributed by atoms with van der Waals surface area (Å²) in [6.45, 7) is 1.39. The van der Waals surface area contributed by atoms with Gasteiger partial charge in [-0.15, -0.1) is 13.2 Å². The van der Waals surface area contributed by atoms with E-state index < -0.39 is 23.9 Å². The van der Waals surface area contributed by atoms with E-state index in [0.717, 1.165) is 0 Å². The molecule has 9 heteroatoms. The molecule has 0 saturated heterocycles. The molecule has 1 unspecified atom stereocenters. The number of carbonyl (C=O) groups is 1. The van der Waals surface area contributed by atoms with Gasteiger partial charge in [0.2, 0.25) is 0 Å². The van der Waals surface area contributed by atoms with Crippen LogP contribution in [-0.4, -0.2) is 18.9 Å². The molecular formula is C20H16F3NO5. The van der Waals surface area contributed by atoms with Gasteiger partial charge in [0, 0.05) is 17.5 Å². The van der Waals surface area contributed by atoms with Crippen LogP contribution in [0.4, 0.5) is 13.2 Å². The summed E-state index contributed by atoms with van der Waals surface area (Å²) in [4.78, 5) is 23.4. The maximum Gasteiger partial charge on any atom is 0.573 e. The van der Waals surface area contributed by atoms with Crippen LogP contribution in [0.15, 0.2) is 63.8 Å². The molecule has 0 aliphatic rings. The third-order valence-corrected chi connectivity index (χ3v) is 3.96. The minimum absolute atomic E-state index is 0.290. The van der Waals surface area contributed by atoms with Crippen LogP contribution in [0.25, 0.3) is 11.0 Å². The maximum atomic E-state index is 12.2. The molecule has 1 heterocycles. The number of alkyl halides is 3. The van der Waals surface area contributed by atoms with Gasteiger partial charge in [-0.1, -0.05) is 12.1 Å². The van der Waals surface area contributed by atoms with Crippen molar-refractivity contribution in [2.45, 2.75) is 19.3 Å². The van der Waals surface area contributed by atoms with E-state index in [2.05, 4.69) is 10.1 Å². The van der Waals surface area contributed by atoms with Gasteiger partial charge in [0.15, 0.2) is 6.61 Å². The van der Waals surface area contributed by atoms with E-state index in [4.69, 9.17) is 9.15 Å². The van der Waals surface area contributed by atoms with Crippen molar-refractivity contribution < 1.29 is 31.9 Å². The van der Waals surface area contributed by atoms with Gasteiger partial charge in [-0.3, -0.25) is 4.79 Å². The number of amides is 1. The van der Waals surface area contributed by atoms with Crippen molar-refractivity contribution >= 4 is 16.9 Å². The van der Waals surface area contributed by atoms with Crippen LogP contribution in [0.1, 0.15) is 18.5 Å². The number of rotatable bonds is 6. The van der Waals surface area contributed by atoms with Gasteiger partial charge in [0.25, 0.3) is 5.91 Å². The lowest BCUT2D eigenvalue weighted by atomic mass is 10.1. The Hall–Kier alpha value is -3.49. The molecule has 3 aromatic rings. The Kier molecular flexibility index (Phi) is 5.76. The van der Waals surface area contributed by atoms with Gasteiger partial charge in [0.1, 0.15) is 17.1 Å². The van der Waals surface area contributed by atoms with Crippen molar-refractivity contribution in [2.75, 3.05) is 6.61 Å². The molecule has 0 spiro atoms. The summed E-state index contributed by atoms with van der Waals surface area (Å²) in [5, 5.41) is 3.40. The number of carbonyl (C=O) groups excluding carboxylic acids is 1. The monoisotopic (exact) mass is 407 g/mol. The zero-order valence-electron chi connectivity index (χ0n) is 15.2. The third kappa shape index (κ3) is 5.74. The highest BCUT2D eigenvalue weighted by molar-refractivity contribution is 5.79. The predicted molar refractivity (Wildman–Crippen MR) is 97.7 cm³/mol. The van der Waals surface area contributed by atoms with Crippen molar-refractivity contribution in [3.05, 3.63) is 70.6 Å². The van der Waals surface area contributed by atoms with Gasteiger partial charge in [-0.2, -0.15) is 0 Å². The Morgan fingerprint density at radius 1 is 1.07 bits per heavy atom. The third-order valence-electron chi connectivity index (χ3n) is 3.96. The van der Waals surface area contributed by atoms with Gasteiger partial charge in [-0.05, 0) is 42.8 Å². The zero-order chi connectivity index (χ0) is 21.0. The van der Waals surface area contributed by atoms with E-state index in [1.165, 1.54) is 36.4 Å². The number of halogens is 3. The Balaban J connectivity index is 1.55. The van der Waals surface area contributed by atoms with Crippen LogP contribution < -0.4 is 20.4 Å². The zero-order valence-corrected chi connectivity index (χ0v) is 15.2. The molecule has 152 valence electrons. The van der Waals surface area contributed by atoms with Crippen LogP contribution in [-0.2, 0) is 4.79 Å². The fourth-order valence-electron chi connectivity index (χ4n) is 2.60. The molecule has 1 atom stereocenters. The van der Waals surface area contributed by atoms with E-state index in [9.17, 15) is 22.8 Å². The van der Waals surface area contributed by atoms with Gasteiger partial charge < -0.3 is 19.2 Å². The summed E-state index contributed by atoms with van der Waals surface area (Å²) in [5.41, 5.74) is 0.443. The average Bonchev–Trinajstić information content (AvgIpc) is 2.65. The molecule has 1 N–H and O–H groups in total. The van der Waals surface area contributed by atoms with Crippen molar-refractivity contribution in [3.8, 4) is 11.5 Å². The number of benzene rings is 2. The quantitative estimate of drug-likeness (QED) is 0.626. The lowest BCUT2D eigenvalue weighted by Gasteiger charge is -2.16. The van der Waals surface area contributed by atoms with Crippen molar-refractivity contribution in [3.63, 3.8) is 0 Å². The highest BCUT2D eigenvalue weighted by Crippen LogP contribution is 2.24. The van der Waals surface area contributed by atoms with Gasteiger partial charge >= 0.3 is 12.0 Å². The SMILES string of the molecule is CC(NC(=O)COc1ccc2ccc(=O)oc2c1)c1ccc(OC(F)(F)F)cc1. The van der Waals surface area contributed by atoms with Crippen LogP contribution in [0.3, 0.4) is 0 Å². The molecule has 29 heavy (non-hydrogen) atoms. The largest absolute Gasteiger partial charge is 0.573 e. The summed E-state index contributed by atoms with van der Waals surface area (Å²) in [5.74, 6) is -0.419. The molecule has 0 fully saturated rings. The summed E-state index contributed by atoms with van der Waals surface area (Å²) >= 11 is 0. The minimum Gasteiger partial charge on any atom is -0.484 e. The standard InChI is InChI=1S/C20H16F3NO5/c1-12(13-2-6-15(7-3-13)29-20(21,22)23)24-18(25)11-27-16-8-4-14-5-9-19(26)28-17(14)10-16/h2-10,12H,11H2,1H3,(H,24,25). The molecule has 0 saturated carbocycles. The molecule has 3 rings (SSSR count). The normalized spacial score (nSPS) is 12.4. The van der Waals surface area contributed by atoms with Crippen LogP contribution in [0.2, 0.25) is 0 Å². The molecule has 2 aromatic carbocycles. The molecule has 0 radical (unpaired) electrons. The Morgan fingerprint density at radius 3 is 2.41 bits per heavy atom. The Labute approximate surface area is 162 Å². The highest BCUT2D eigenvalue weighted by Gasteiger charge is 2.31. The second-order valence-electron chi connectivity index (χ2n) is 6.15. The number of ether oxygens (including phenoxy) is 2. The average molecular weight is 407 g/mol. The van der Waals surface area contributed by atoms with E-state index in [-0.39, 0.29) is 12.4 Å². The fraction of sp³-hybridized carbons (Fsp3) is 0.200. The summed E-state index contributed by atoms with van der Waals surface area (Å²) in [6, 6.07) is 12.5. The van der Waals surface area contributed by atoms with Crippen molar-refractivity contribution in [1.29, 1.82) is 0 Å². The molecule has 1 aromatic heterocycles. The summed E-state index contributed by atoms with van der Waals surface area (Å²) < 4.78 is 50.8. The first-order valence-corrected chi connectivity index (χ1v) is 8.51. The highest BCUT2D eigenvalue weighted by atomic mass is 19.4. The lowest BCUT2D eigenvalue weighted by molar-refractivity contribution is -0.274. The number of hydrogen-bond donors (Lipinski definition) is 1. The number of fused-ring (bicyclic) bond motifs is 1. The first-order chi connectivity index (χ1) is 13.7. The second kappa shape index (κ2) is 8.26. The Bertz CT molecular complexity index is 1060. The first kappa shape index (κ1) is 20.2. The van der Waals surface area contributed by atoms with E-state index in [1.807, 2.05) is 0 Å². The molecule has 1 amide bonds. The maximum absolute atomic E-state index is 12.2. The summed E-state index contributed by atoms with van der Waals surface area (Å²) in [6.07, 6.45) is -4.76. The summed E-state index contributed by atoms with van der Waals surface area (Å²) in [7, 11) is 0. The molecule has 0 bridgehead atoms. The van der Waals surface area contributed by atoms with Crippen molar-refractivity contribution in [1.82, 2.24) is 5.32 Å². The topological polar surface area (TPSA) is 77.8 Å². The number of nitrogens with one attached hydrogen (secondary N) is 1. The van der Waals surface area contributed by atoms with Crippen LogP contribution >= 0.6 is 0 Å². The number of hydrogen-bond acceptors (Lipinski definition) is 5. The molecule has 0 aliphatic carbocycles. The second-order valence-corrected chi connectivity index (χ2v) is 6.15. The first-order valence-electron chi connectivity index (χ1n) is 8.51. The molecule has 0 aliphatic heterocycles. The van der Waals surface area contributed by atoms with Crippen molar-refractivity contribution in [2.24, 2.45) is 0 Å². The van der Waals surface area contributed by atoms with E-state index in [0.29, 0.717) is 22.3 Å². The Morgan fingerprint density at radius 2 is 1.72 bits per heavy atom. The fourth-order valence-corrected chi connectivity index (χ4v) is 2.60. The van der Waals surface area contributed by atoms with Gasteiger partial charge in [-0.25, -0.2) is 4.79 Å². The lowest BCUT2D eigenvalue weighted by Crippen LogP contribution is -2.31. The predicted octanol–water partition coefficient (Wildman–Crippen LogP) is 3.95. The molecular weight excluding hydrogens is 391 g/mol. The van der Waals surface area contributed by atoms with Crippen LogP contribution in [0.5, 0.6) is 11.5 Å².